The van der Waals surface area contributed by atoms with Gasteiger partial charge in [0.2, 0.25) is 5.91 Å². The van der Waals surface area contributed by atoms with E-state index in [0.717, 1.165) is 17.0 Å². The number of nitrogens with zero attached hydrogens (tertiary/aromatic N) is 1. The molecule has 0 unspecified atom stereocenters. The van der Waals surface area contributed by atoms with Gasteiger partial charge >= 0.3 is 0 Å². The average molecular weight is 419 g/mol. The Labute approximate surface area is 175 Å². The van der Waals surface area contributed by atoms with E-state index < -0.39 is 0 Å². The first kappa shape index (κ1) is 21.5. The molecule has 0 bridgehead atoms. The average Bonchev–Trinajstić information content (AvgIpc) is 3.05. The maximum atomic E-state index is 13.2. The summed E-state index contributed by atoms with van der Waals surface area (Å²) in [5, 5.41) is 13.3. The Hall–Kier alpha value is -2.25. The van der Waals surface area contributed by atoms with Crippen LogP contribution < -0.4 is 10.1 Å². The summed E-state index contributed by atoms with van der Waals surface area (Å²) in [5.41, 5.74) is 0.915. The van der Waals surface area contributed by atoms with Gasteiger partial charge in [-0.15, -0.1) is 11.8 Å². The Morgan fingerprint density at radius 1 is 1.31 bits per heavy atom. The van der Waals surface area contributed by atoms with E-state index in [1.807, 2.05) is 19.9 Å². The number of hydrogen-bond acceptors (Lipinski definition) is 5. The van der Waals surface area contributed by atoms with Crippen LogP contribution in [0.4, 0.5) is 4.39 Å². The Balaban J connectivity index is 1.74. The molecule has 1 fully saturated rings. The highest BCUT2D eigenvalue weighted by molar-refractivity contribution is 8.00. The fraction of sp³-hybridized carbons (Fsp3) is 0.409. The number of thioether (sulfide) groups is 1. The molecule has 1 heterocycles. The first-order valence-corrected chi connectivity index (χ1v) is 10.6. The minimum atomic E-state index is -0.254. The van der Waals surface area contributed by atoms with Crippen LogP contribution in [0.3, 0.4) is 0 Å². The molecule has 1 saturated heterocycles. The van der Waals surface area contributed by atoms with Crippen molar-refractivity contribution in [2.75, 3.05) is 13.7 Å². The van der Waals surface area contributed by atoms with E-state index in [2.05, 4.69) is 10.2 Å². The topological polar surface area (TPSA) is 61.8 Å². The van der Waals surface area contributed by atoms with E-state index in [4.69, 9.17) is 4.74 Å². The summed E-state index contributed by atoms with van der Waals surface area (Å²) in [7, 11) is 1.51. The quantitative estimate of drug-likeness (QED) is 0.716. The van der Waals surface area contributed by atoms with Crippen molar-refractivity contribution in [3.05, 3.63) is 53.8 Å². The molecule has 7 heteroatoms. The van der Waals surface area contributed by atoms with E-state index >= 15 is 0 Å². The second-order valence-electron chi connectivity index (χ2n) is 7.54. The molecule has 0 aliphatic carbocycles. The van der Waals surface area contributed by atoms with Crippen LogP contribution in [0, 0.1) is 5.82 Å². The van der Waals surface area contributed by atoms with Gasteiger partial charge in [0.25, 0.3) is 0 Å². The number of carbonyl (C=O) groups is 1. The van der Waals surface area contributed by atoms with Crippen molar-refractivity contribution in [1.82, 2.24) is 10.2 Å². The van der Waals surface area contributed by atoms with Gasteiger partial charge in [0, 0.05) is 29.3 Å². The van der Waals surface area contributed by atoms with Gasteiger partial charge in [-0.1, -0.05) is 6.07 Å². The van der Waals surface area contributed by atoms with E-state index in [9.17, 15) is 14.3 Å². The van der Waals surface area contributed by atoms with Gasteiger partial charge in [-0.25, -0.2) is 4.39 Å². The molecule has 0 aromatic heterocycles. The normalized spacial score (nSPS) is 19.5. The van der Waals surface area contributed by atoms with Gasteiger partial charge in [-0.2, -0.15) is 0 Å². The van der Waals surface area contributed by atoms with Gasteiger partial charge in [0.15, 0.2) is 11.5 Å². The van der Waals surface area contributed by atoms with Crippen LogP contribution in [-0.4, -0.2) is 46.9 Å². The molecule has 3 rings (SSSR count). The van der Waals surface area contributed by atoms with Gasteiger partial charge in [0.05, 0.1) is 13.2 Å². The zero-order valence-electron chi connectivity index (χ0n) is 16.9. The molecule has 0 saturated carbocycles. The highest BCUT2D eigenvalue weighted by Gasteiger charge is 2.37. The zero-order valence-corrected chi connectivity index (χ0v) is 17.7. The fourth-order valence-electron chi connectivity index (χ4n) is 3.55. The van der Waals surface area contributed by atoms with Crippen molar-refractivity contribution in [2.24, 2.45) is 0 Å². The summed E-state index contributed by atoms with van der Waals surface area (Å²) in [6.45, 7) is 5.17. The van der Waals surface area contributed by atoms with Crippen molar-refractivity contribution in [3.8, 4) is 11.5 Å². The van der Waals surface area contributed by atoms with Gasteiger partial charge in [0.1, 0.15) is 5.82 Å². The van der Waals surface area contributed by atoms with Crippen LogP contribution >= 0.6 is 11.8 Å². The number of aromatic hydroxyl groups is 1. The summed E-state index contributed by atoms with van der Waals surface area (Å²) < 4.78 is 18.3. The lowest BCUT2D eigenvalue weighted by molar-refractivity contribution is -0.126. The lowest BCUT2D eigenvalue weighted by Crippen LogP contribution is -2.45. The third-order valence-electron chi connectivity index (χ3n) is 4.84. The predicted molar refractivity (Wildman–Crippen MR) is 113 cm³/mol. The number of amides is 1. The lowest BCUT2D eigenvalue weighted by Gasteiger charge is -2.24. The first-order valence-electron chi connectivity index (χ1n) is 9.68. The van der Waals surface area contributed by atoms with Crippen molar-refractivity contribution >= 4 is 17.7 Å². The van der Waals surface area contributed by atoms with E-state index in [1.165, 1.54) is 19.2 Å². The SMILES string of the molecule is COc1ccc(CN2C[C@H](Sc3ccc(F)cc3)C[C@H]2C(=O)NC(C)C)cc1O. The maximum Gasteiger partial charge on any atom is 0.237 e. The highest BCUT2D eigenvalue weighted by atomic mass is 32.2. The van der Waals surface area contributed by atoms with Crippen LogP contribution in [0.1, 0.15) is 25.8 Å². The van der Waals surface area contributed by atoms with E-state index in [-0.39, 0.29) is 34.8 Å². The summed E-state index contributed by atoms with van der Waals surface area (Å²) in [6.07, 6.45) is 0.711. The van der Waals surface area contributed by atoms with Crippen molar-refractivity contribution in [1.29, 1.82) is 0 Å². The van der Waals surface area contributed by atoms with E-state index in [1.54, 1.807) is 36.0 Å². The van der Waals surface area contributed by atoms with Crippen LogP contribution in [0.2, 0.25) is 0 Å². The maximum absolute atomic E-state index is 13.2. The Morgan fingerprint density at radius 2 is 2.03 bits per heavy atom. The molecule has 2 atom stereocenters. The molecule has 2 N–H and O–H groups in total. The van der Waals surface area contributed by atoms with Gasteiger partial charge in [-0.3, -0.25) is 9.69 Å². The Kier molecular flexibility index (Phi) is 7.03. The minimum Gasteiger partial charge on any atom is -0.504 e. The van der Waals surface area contributed by atoms with Gasteiger partial charge < -0.3 is 15.2 Å². The molecule has 29 heavy (non-hydrogen) atoms. The van der Waals surface area contributed by atoms with Crippen LogP contribution in [-0.2, 0) is 11.3 Å². The molecule has 0 spiro atoms. The second-order valence-corrected chi connectivity index (χ2v) is 8.92. The van der Waals surface area contributed by atoms with E-state index in [0.29, 0.717) is 18.7 Å². The number of carbonyl (C=O) groups excluding carboxylic acids is 1. The summed E-state index contributed by atoms with van der Waals surface area (Å²) >= 11 is 1.67. The summed E-state index contributed by atoms with van der Waals surface area (Å²) in [5.74, 6) is 0.273. The number of ether oxygens (including phenoxy) is 1. The molecule has 2 aromatic carbocycles. The number of halogens is 1. The standard InChI is InChI=1S/C22H27FN2O3S/c1-14(2)24-22(27)19-11-18(29-17-7-5-16(23)6-8-17)13-25(19)12-15-4-9-21(28-3)20(26)10-15/h4-10,14,18-19,26H,11-13H2,1-3H3,(H,24,27)/t18-,19+/m1/s1. The molecular formula is C22H27FN2O3S. The number of hydrogen-bond donors (Lipinski definition) is 2. The molecule has 2 aromatic rings. The number of methoxy groups -OCH3 is 1. The highest BCUT2D eigenvalue weighted by Crippen LogP contribution is 2.35. The lowest BCUT2D eigenvalue weighted by atomic mass is 10.1. The second kappa shape index (κ2) is 9.50. The fourth-order valence-corrected chi connectivity index (χ4v) is 4.77. The van der Waals surface area contributed by atoms with Crippen LogP contribution in [0.25, 0.3) is 0 Å². The van der Waals surface area contributed by atoms with Crippen LogP contribution in [0.5, 0.6) is 11.5 Å². The smallest absolute Gasteiger partial charge is 0.237 e. The summed E-state index contributed by atoms with van der Waals surface area (Å²) in [4.78, 5) is 15.9. The Morgan fingerprint density at radius 3 is 2.66 bits per heavy atom. The molecular weight excluding hydrogens is 391 g/mol. The molecule has 1 amide bonds. The van der Waals surface area contributed by atoms with Gasteiger partial charge in [-0.05, 0) is 62.2 Å². The van der Waals surface area contributed by atoms with Crippen molar-refractivity contribution in [2.45, 2.75) is 49.0 Å². The molecule has 1 aliphatic heterocycles. The molecule has 156 valence electrons. The number of rotatable bonds is 7. The summed E-state index contributed by atoms with van der Waals surface area (Å²) in [6, 6.07) is 11.6. The number of phenolic OH excluding ortho intramolecular Hbond substituents is 1. The number of likely N-dealkylation sites (tertiary alicyclic amines) is 1. The number of phenols is 1. The van der Waals surface area contributed by atoms with Crippen LogP contribution in [0.15, 0.2) is 47.4 Å². The third-order valence-corrected chi connectivity index (χ3v) is 6.06. The third kappa shape index (κ3) is 5.64. The molecule has 5 nitrogen and oxygen atoms in total. The number of nitrogens with one attached hydrogen (secondary N) is 1. The Bertz CT molecular complexity index is 844. The van der Waals surface area contributed by atoms with Crippen molar-refractivity contribution < 1.29 is 19.0 Å². The monoisotopic (exact) mass is 418 g/mol. The molecule has 1 aliphatic rings. The first-order chi connectivity index (χ1) is 13.9. The zero-order chi connectivity index (χ0) is 21.0. The number of benzene rings is 2. The minimum absolute atomic E-state index is 0.0138. The predicted octanol–water partition coefficient (Wildman–Crippen LogP) is 3.80. The molecule has 0 radical (unpaired) electrons. The largest absolute Gasteiger partial charge is 0.504 e. The van der Waals surface area contributed by atoms with Crippen molar-refractivity contribution in [3.63, 3.8) is 0 Å².